The normalized spacial score (nSPS) is 13.5. The van der Waals surface area contributed by atoms with E-state index < -0.39 is 6.71 Å². The van der Waals surface area contributed by atoms with Crippen molar-refractivity contribution in [2.24, 2.45) is 0 Å². The van der Waals surface area contributed by atoms with Crippen LogP contribution >= 0.6 is 0 Å². The quantitative estimate of drug-likeness (QED) is 0.121. The largest absolute Gasteiger partial charge is 0.456 e. The molecule has 0 unspecified atom stereocenters. The molecular formula is C127H106B3N7O2. The number of rotatable bonds is 12. The Balaban J connectivity index is 0.822. The van der Waals surface area contributed by atoms with E-state index in [9.17, 15) is 0 Å². The van der Waals surface area contributed by atoms with Crippen LogP contribution in [0.25, 0.3) is 43.9 Å². The molecule has 2 aromatic heterocycles. The van der Waals surface area contributed by atoms with Gasteiger partial charge >= 0.3 is 0 Å². The van der Waals surface area contributed by atoms with Gasteiger partial charge < -0.3 is 43.6 Å². The molecule has 1 N–H and O–H groups in total. The minimum Gasteiger partial charge on any atom is -0.456 e. The number of aryl methyl sites for hydroxylation is 9. The minimum atomic E-state index is -0.400. The van der Waals surface area contributed by atoms with Crippen molar-refractivity contribution in [3.63, 3.8) is 0 Å². The molecule has 0 radical (unpaired) electrons. The summed E-state index contributed by atoms with van der Waals surface area (Å²) in [6.07, 6.45) is 1.36. The van der Waals surface area contributed by atoms with E-state index in [1.165, 1.54) is 149 Å². The number of nitrogens with one attached hydrogen (secondary N) is 1. The van der Waals surface area contributed by atoms with Crippen molar-refractivity contribution < 1.29 is 8.83 Å². The van der Waals surface area contributed by atoms with Gasteiger partial charge in [0, 0.05) is 124 Å². The molecule has 0 fully saturated rings. The molecule has 0 saturated heterocycles. The van der Waals surface area contributed by atoms with E-state index in [0.717, 1.165) is 141 Å². The summed E-state index contributed by atoms with van der Waals surface area (Å²) in [5.41, 5.74) is 55.2. The zero-order valence-corrected chi connectivity index (χ0v) is 81.5. The predicted molar refractivity (Wildman–Crippen MR) is 591 cm³/mol. The maximum Gasteiger partial charge on any atom is 0.252 e. The molecular weight excluding hydrogens is 1690 g/mol. The highest BCUT2D eigenvalue weighted by molar-refractivity contribution is 7.04. The van der Waals surface area contributed by atoms with Crippen LogP contribution in [0.3, 0.4) is 0 Å². The molecule has 9 nitrogen and oxygen atoms in total. The highest BCUT2D eigenvalue weighted by Gasteiger charge is 2.52. The minimum absolute atomic E-state index is 0.183. The first-order valence-corrected chi connectivity index (χ1v) is 49.4. The number of nitrogens with zero attached hydrogens (tertiary/aromatic N) is 6. The average molecular weight is 1790 g/mol. The zero-order valence-electron chi connectivity index (χ0n) is 81.5. The average Bonchev–Trinajstić information content (AvgIpc) is 1.26. The Morgan fingerprint density at radius 2 is 0.583 bits per heavy atom. The van der Waals surface area contributed by atoms with Gasteiger partial charge in [-0.2, -0.15) is 0 Å². The predicted octanol–water partition coefficient (Wildman–Crippen LogP) is 28.0. The Morgan fingerprint density at radius 1 is 0.266 bits per heavy atom. The Hall–Kier alpha value is -15.6. The lowest BCUT2D eigenvalue weighted by Gasteiger charge is -2.48. The second kappa shape index (κ2) is 31.2. The molecule has 6 aliphatic rings. The third-order valence-corrected chi connectivity index (χ3v) is 30.8. The maximum atomic E-state index is 7.39. The zero-order chi connectivity index (χ0) is 94.4. The summed E-state index contributed by atoms with van der Waals surface area (Å²) in [6, 6.07) is 130. The second-order valence-corrected chi connectivity index (χ2v) is 42.1. The molecule has 8 heterocycles. The molecule has 0 amide bonds. The number of fused-ring (bicyclic) bond motifs is 20. The van der Waals surface area contributed by atoms with Crippen LogP contribution in [0, 0.1) is 62.3 Å². The van der Waals surface area contributed by atoms with Crippen molar-refractivity contribution in [3.8, 4) is 0 Å². The molecule has 26 rings (SSSR count). The lowest BCUT2D eigenvalue weighted by molar-refractivity contribution is 0.572. The van der Waals surface area contributed by atoms with Gasteiger partial charge in [0.05, 0.1) is 22.7 Å². The van der Waals surface area contributed by atoms with E-state index >= 15 is 0 Å². The van der Waals surface area contributed by atoms with Crippen molar-refractivity contribution in [1.29, 1.82) is 0 Å². The lowest BCUT2D eigenvalue weighted by Crippen LogP contribution is -2.66. The lowest BCUT2D eigenvalue weighted by atomic mass is 9.28. The van der Waals surface area contributed by atoms with Crippen molar-refractivity contribution in [1.82, 2.24) is 0 Å². The number of furan rings is 2. The molecule has 6 aliphatic heterocycles. The summed E-state index contributed by atoms with van der Waals surface area (Å²) in [5, 5.41) is 9.13. The van der Waals surface area contributed by atoms with Crippen LogP contribution in [0.2, 0.25) is 0 Å². The Morgan fingerprint density at radius 3 is 0.950 bits per heavy atom. The van der Waals surface area contributed by atoms with Gasteiger partial charge in [0.25, 0.3) is 6.71 Å². The van der Waals surface area contributed by atoms with Crippen LogP contribution in [0.5, 0.6) is 0 Å². The Bertz CT molecular complexity index is 8410. The molecule has 18 aromatic carbocycles. The van der Waals surface area contributed by atoms with Crippen molar-refractivity contribution >= 4 is 227 Å². The van der Waals surface area contributed by atoms with Crippen LogP contribution in [0.1, 0.15) is 125 Å². The SMILES string of the molecule is Cc1cc(C)c(N2c3cc4c(cc3B3c5ccc6oc7c(C(C)(C)C)cccc7c6c5Cc5cc(N(c6ccccc6)c6ccccc6)cc2c53)B2c3cc5c(cc3N(c3c(C)cc(C)cc3C)c3cc(N(c6ccccc6)c6ccccc6)cc(c32)N4c2c(C)cc(C)cc2C)Nc2cc(N(c3ccccc3)c3ccccc3)cc3c2B5c2ccc4oc5c(C(C)(C)C)cccc5c4c2C3)c(C)c1. The van der Waals surface area contributed by atoms with E-state index in [4.69, 9.17) is 8.83 Å². The maximum absolute atomic E-state index is 7.39. The Kier molecular flexibility index (Phi) is 18.8. The molecule has 20 aromatic rings. The third kappa shape index (κ3) is 12.9. The van der Waals surface area contributed by atoms with Gasteiger partial charge in [0.15, 0.2) is 0 Å². The molecule has 12 heteroatoms. The first kappa shape index (κ1) is 83.9. The fourth-order valence-electron chi connectivity index (χ4n) is 25.7. The van der Waals surface area contributed by atoms with Gasteiger partial charge in [0.1, 0.15) is 22.3 Å². The van der Waals surface area contributed by atoms with E-state index in [-0.39, 0.29) is 24.3 Å². The molecule has 139 heavy (non-hydrogen) atoms. The second-order valence-electron chi connectivity index (χ2n) is 42.1. The number of benzene rings is 18. The highest BCUT2D eigenvalue weighted by atomic mass is 16.3. The molecule has 0 aliphatic carbocycles. The van der Waals surface area contributed by atoms with E-state index in [1.54, 1.807) is 0 Å². The molecule has 0 bridgehead atoms. The fraction of sp³-hybridized carbons (Fsp3) is 0.150. The summed E-state index contributed by atoms with van der Waals surface area (Å²) < 4.78 is 14.7. The standard InChI is InChI=1S/C127H106B3N7O2/c1-74-56-77(4)121(78(5)57-74)135-108-72-106-102(128-100-52-54-114-116(94-48-34-50-98(124(94)138-114)126(10,11)12)96(100)64-83-62-91(66-107(131-106)118(83)128)132(85-36-22-16-23-37-85)86-38-24-17-25-39-86)70-103(108)130-105-71-104-109(73-110(105)137(123-81(8)60-76(3)61-82(123)9)113-69-93(68-112(135)120(113)130)134(89-44-30-20-31-45-89)90-46-32-21-33-47-90)136(122-79(6)58-75(2)59-80(122)7)111-67-92(133(87-40-26-18-27-41-87)88-42-28-19-29-43-88)63-84-65-97-101(129(104)119(84)111)53-55-115-117(97)95-49-35-51-99(125(95)139-115)127(13,14)15/h16-63,66-73,131H,64-65H2,1-15H3. The van der Waals surface area contributed by atoms with E-state index in [1.807, 2.05) is 0 Å². The summed E-state index contributed by atoms with van der Waals surface area (Å²) in [6.45, 7) is 33.9. The van der Waals surface area contributed by atoms with Gasteiger partial charge in [-0.3, -0.25) is 0 Å². The smallest absolute Gasteiger partial charge is 0.252 e. The Labute approximate surface area is 815 Å². The van der Waals surface area contributed by atoms with Gasteiger partial charge in [0.2, 0.25) is 13.4 Å². The van der Waals surface area contributed by atoms with Gasteiger partial charge in [-0.1, -0.05) is 275 Å². The molecule has 0 spiro atoms. The summed E-state index contributed by atoms with van der Waals surface area (Å²) in [5.74, 6) is 0. The first-order valence-electron chi connectivity index (χ1n) is 49.4. The number of para-hydroxylation sites is 8. The van der Waals surface area contributed by atoms with Crippen LogP contribution in [0.15, 0.2) is 349 Å². The van der Waals surface area contributed by atoms with Crippen molar-refractivity contribution in [3.05, 3.63) is 423 Å². The third-order valence-electron chi connectivity index (χ3n) is 30.8. The molecule has 0 saturated carbocycles. The van der Waals surface area contributed by atoms with Crippen molar-refractivity contribution in [2.75, 3.05) is 34.7 Å². The van der Waals surface area contributed by atoms with Gasteiger partial charge in [-0.05, 0) is 313 Å². The van der Waals surface area contributed by atoms with E-state index in [0.29, 0.717) is 12.8 Å². The van der Waals surface area contributed by atoms with E-state index in [2.05, 4.69) is 478 Å². The summed E-state index contributed by atoms with van der Waals surface area (Å²) >= 11 is 0. The van der Waals surface area contributed by atoms with Crippen LogP contribution in [-0.4, -0.2) is 20.1 Å². The highest BCUT2D eigenvalue weighted by Crippen LogP contribution is 2.56. The summed E-state index contributed by atoms with van der Waals surface area (Å²) in [7, 11) is 0. The van der Waals surface area contributed by atoms with Gasteiger partial charge in [-0.15, -0.1) is 0 Å². The number of hydrogen-bond donors (Lipinski definition) is 1. The number of anilines is 20. The van der Waals surface area contributed by atoms with Crippen LogP contribution in [0.4, 0.5) is 114 Å². The first-order chi connectivity index (χ1) is 67.4. The van der Waals surface area contributed by atoms with Crippen LogP contribution in [-0.2, 0) is 23.7 Å². The summed E-state index contributed by atoms with van der Waals surface area (Å²) in [4.78, 5) is 15.6. The monoisotopic (exact) mass is 1790 g/mol. The fourth-order valence-corrected chi connectivity index (χ4v) is 25.7. The molecule has 0 atom stereocenters. The molecule has 670 valence electrons. The number of hydrogen-bond acceptors (Lipinski definition) is 9. The van der Waals surface area contributed by atoms with Crippen LogP contribution < -0.4 is 83.9 Å². The van der Waals surface area contributed by atoms with Gasteiger partial charge in [-0.25, -0.2) is 0 Å². The van der Waals surface area contributed by atoms with Crippen molar-refractivity contribution in [2.45, 2.75) is 128 Å². The topological polar surface area (TPSA) is 57.8 Å².